The lowest BCUT2D eigenvalue weighted by Gasteiger charge is -2.39. The van der Waals surface area contributed by atoms with E-state index in [4.69, 9.17) is 11.5 Å². The summed E-state index contributed by atoms with van der Waals surface area (Å²) in [6.45, 7) is 4.44. The summed E-state index contributed by atoms with van der Waals surface area (Å²) >= 11 is 0. The molecule has 1 aromatic carbocycles. The molecule has 1 aromatic rings. The van der Waals surface area contributed by atoms with Crippen LogP contribution in [-0.2, 0) is 0 Å². The second-order valence-electron chi connectivity index (χ2n) is 5.84. The molecule has 0 aliphatic heterocycles. The maximum atomic E-state index is 11.3. The van der Waals surface area contributed by atoms with E-state index in [2.05, 4.69) is 19.2 Å². The molecule has 0 heterocycles. The highest BCUT2D eigenvalue weighted by molar-refractivity contribution is 5.99. The van der Waals surface area contributed by atoms with Crippen molar-refractivity contribution in [1.82, 2.24) is 0 Å². The van der Waals surface area contributed by atoms with Gasteiger partial charge in [0.15, 0.2) is 0 Å². The molecule has 1 fully saturated rings. The second kappa shape index (κ2) is 5.53. The number of hydrogen-bond acceptors (Lipinski definition) is 3. The van der Waals surface area contributed by atoms with Gasteiger partial charge in [-0.25, -0.2) is 0 Å². The molecule has 0 spiro atoms. The van der Waals surface area contributed by atoms with E-state index in [1.807, 2.05) is 0 Å². The Balaban J connectivity index is 2.12. The molecule has 0 radical (unpaired) electrons. The summed E-state index contributed by atoms with van der Waals surface area (Å²) < 4.78 is 0. The van der Waals surface area contributed by atoms with Gasteiger partial charge in [-0.2, -0.15) is 0 Å². The van der Waals surface area contributed by atoms with Gasteiger partial charge in [0.25, 0.3) is 0 Å². The van der Waals surface area contributed by atoms with Crippen LogP contribution in [0.1, 0.15) is 47.4 Å². The van der Waals surface area contributed by atoms with Crippen LogP contribution in [0.15, 0.2) is 18.2 Å². The molecule has 20 heavy (non-hydrogen) atoms. The van der Waals surface area contributed by atoms with Gasteiger partial charge in [-0.05, 0) is 42.9 Å². The molecule has 0 unspecified atom stereocenters. The van der Waals surface area contributed by atoms with Crippen molar-refractivity contribution in [3.8, 4) is 0 Å². The van der Waals surface area contributed by atoms with Gasteiger partial charge in [0, 0.05) is 22.9 Å². The zero-order chi connectivity index (χ0) is 14.9. The third-order valence-corrected chi connectivity index (χ3v) is 3.99. The summed E-state index contributed by atoms with van der Waals surface area (Å²) in [6, 6.07) is 5.13. The first kappa shape index (κ1) is 14.4. The Morgan fingerprint density at radius 1 is 1.10 bits per heavy atom. The smallest absolute Gasteiger partial charge is 0.248 e. The summed E-state index contributed by atoms with van der Waals surface area (Å²) in [5.41, 5.74) is 11.9. The fraction of sp³-hybridized carbons (Fsp3) is 0.467. The zero-order valence-electron chi connectivity index (χ0n) is 11.8. The number of benzene rings is 1. The normalized spacial score (nSPS) is 21.4. The minimum atomic E-state index is -0.565. The Bertz CT molecular complexity index is 502. The molecule has 108 valence electrons. The molecule has 0 atom stereocenters. The second-order valence-corrected chi connectivity index (χ2v) is 5.84. The number of nitrogens with one attached hydrogen (secondary N) is 1. The number of amides is 2. The molecule has 0 aromatic heterocycles. The lowest BCUT2D eigenvalue weighted by Crippen LogP contribution is -2.38. The van der Waals surface area contributed by atoms with Crippen molar-refractivity contribution in [1.29, 1.82) is 0 Å². The van der Waals surface area contributed by atoms with Crippen LogP contribution in [0, 0.1) is 11.8 Å². The first-order chi connectivity index (χ1) is 9.36. The van der Waals surface area contributed by atoms with E-state index in [9.17, 15) is 9.59 Å². The number of nitrogens with two attached hydrogens (primary N) is 2. The Labute approximate surface area is 118 Å². The van der Waals surface area contributed by atoms with E-state index < -0.39 is 11.8 Å². The van der Waals surface area contributed by atoms with Crippen LogP contribution in [0.2, 0.25) is 0 Å². The maximum absolute atomic E-state index is 11.3. The average Bonchev–Trinajstić information content (AvgIpc) is 2.32. The minimum Gasteiger partial charge on any atom is -0.382 e. The topological polar surface area (TPSA) is 98.2 Å². The summed E-state index contributed by atoms with van der Waals surface area (Å²) in [6.07, 6.45) is 2.20. The number of rotatable bonds is 5. The van der Waals surface area contributed by atoms with E-state index in [1.165, 1.54) is 6.07 Å². The summed E-state index contributed by atoms with van der Waals surface area (Å²) in [5, 5.41) is 3.34. The van der Waals surface area contributed by atoms with Gasteiger partial charge in [0.1, 0.15) is 0 Å². The van der Waals surface area contributed by atoms with Gasteiger partial charge in [0.2, 0.25) is 11.8 Å². The first-order valence-corrected chi connectivity index (χ1v) is 6.88. The Hall–Kier alpha value is -2.04. The van der Waals surface area contributed by atoms with Crippen molar-refractivity contribution in [3.63, 3.8) is 0 Å². The van der Waals surface area contributed by atoms with E-state index in [0.29, 0.717) is 23.1 Å². The highest BCUT2D eigenvalue weighted by Gasteiger charge is 2.31. The fourth-order valence-electron chi connectivity index (χ4n) is 2.56. The van der Waals surface area contributed by atoms with Gasteiger partial charge >= 0.3 is 0 Å². The average molecular weight is 275 g/mol. The third-order valence-electron chi connectivity index (χ3n) is 3.99. The van der Waals surface area contributed by atoms with Crippen LogP contribution >= 0.6 is 0 Å². The van der Waals surface area contributed by atoms with Crippen molar-refractivity contribution in [3.05, 3.63) is 29.3 Å². The molecule has 5 heteroatoms. The van der Waals surface area contributed by atoms with Crippen LogP contribution in [0.5, 0.6) is 0 Å². The largest absolute Gasteiger partial charge is 0.382 e. The van der Waals surface area contributed by atoms with E-state index in [1.54, 1.807) is 12.1 Å². The van der Waals surface area contributed by atoms with Crippen LogP contribution in [0.25, 0.3) is 0 Å². The van der Waals surface area contributed by atoms with Gasteiger partial charge < -0.3 is 16.8 Å². The summed E-state index contributed by atoms with van der Waals surface area (Å²) in [7, 11) is 0. The third kappa shape index (κ3) is 3.10. The SMILES string of the molecule is CC(C)C1CC(Nc2cc(C(N)=O)cc(C(N)=O)c2)C1. The van der Waals surface area contributed by atoms with E-state index in [-0.39, 0.29) is 0 Å². The highest BCUT2D eigenvalue weighted by atomic mass is 16.1. The molecule has 2 amide bonds. The number of carbonyl (C=O) groups is 2. The Morgan fingerprint density at radius 2 is 1.60 bits per heavy atom. The van der Waals surface area contributed by atoms with Crippen molar-refractivity contribution in [2.75, 3.05) is 5.32 Å². The van der Waals surface area contributed by atoms with Gasteiger partial charge in [-0.3, -0.25) is 9.59 Å². The predicted octanol–water partition coefficient (Wildman–Crippen LogP) is 1.73. The summed E-state index contributed by atoms with van der Waals surface area (Å²) in [4.78, 5) is 22.6. The van der Waals surface area contributed by atoms with E-state index in [0.717, 1.165) is 24.4 Å². The van der Waals surface area contributed by atoms with Gasteiger partial charge in [-0.1, -0.05) is 13.8 Å². The lowest BCUT2D eigenvalue weighted by atomic mass is 9.73. The first-order valence-electron chi connectivity index (χ1n) is 6.88. The molecule has 0 saturated heterocycles. The lowest BCUT2D eigenvalue weighted by molar-refractivity contribution is 0.0999. The van der Waals surface area contributed by atoms with Crippen molar-refractivity contribution in [2.45, 2.75) is 32.7 Å². The quantitative estimate of drug-likeness (QED) is 0.763. The van der Waals surface area contributed by atoms with Crippen LogP contribution in [-0.4, -0.2) is 17.9 Å². The zero-order valence-corrected chi connectivity index (χ0v) is 11.8. The molecule has 2 rings (SSSR count). The standard InChI is InChI=1S/C15H21N3O2/c1-8(2)9-4-12(5-9)18-13-6-10(14(16)19)3-11(7-13)15(17)20/h3,6-9,12,18H,4-5H2,1-2H3,(H2,16,19)(H2,17,20). The molecule has 5 nitrogen and oxygen atoms in total. The Morgan fingerprint density at radius 3 is 2.00 bits per heavy atom. The van der Waals surface area contributed by atoms with E-state index >= 15 is 0 Å². The maximum Gasteiger partial charge on any atom is 0.248 e. The molecule has 1 aliphatic rings. The monoisotopic (exact) mass is 275 g/mol. The van der Waals surface area contributed by atoms with Crippen molar-refractivity contribution in [2.24, 2.45) is 23.3 Å². The fourth-order valence-corrected chi connectivity index (χ4v) is 2.56. The molecule has 5 N–H and O–H groups in total. The number of carbonyl (C=O) groups excluding carboxylic acids is 2. The molecular weight excluding hydrogens is 254 g/mol. The number of anilines is 1. The van der Waals surface area contributed by atoms with Crippen molar-refractivity contribution < 1.29 is 9.59 Å². The molecule has 1 aliphatic carbocycles. The highest BCUT2D eigenvalue weighted by Crippen LogP contribution is 2.35. The number of primary amides is 2. The van der Waals surface area contributed by atoms with Crippen LogP contribution in [0.3, 0.4) is 0 Å². The molecule has 0 bridgehead atoms. The summed E-state index contributed by atoms with van der Waals surface area (Å²) in [5.74, 6) is 0.295. The minimum absolute atomic E-state index is 0.295. The molecular formula is C15H21N3O2. The van der Waals surface area contributed by atoms with Crippen molar-refractivity contribution >= 4 is 17.5 Å². The van der Waals surface area contributed by atoms with Crippen LogP contribution < -0.4 is 16.8 Å². The van der Waals surface area contributed by atoms with Gasteiger partial charge in [0.05, 0.1) is 0 Å². The Kier molecular flexibility index (Phi) is 3.97. The predicted molar refractivity (Wildman–Crippen MR) is 78.5 cm³/mol. The van der Waals surface area contributed by atoms with Crippen LogP contribution in [0.4, 0.5) is 5.69 Å². The van der Waals surface area contributed by atoms with Gasteiger partial charge in [-0.15, -0.1) is 0 Å². The molecule has 1 saturated carbocycles. The number of hydrogen-bond donors (Lipinski definition) is 3.